The molecule has 8 heavy (non-hydrogen) atoms. The second-order valence-corrected chi connectivity index (χ2v) is 2.64. The van der Waals surface area contributed by atoms with Crippen LogP contribution in [0.2, 0.25) is 0 Å². The van der Waals surface area contributed by atoms with Crippen LogP contribution in [0.4, 0.5) is 0 Å². The molecule has 0 aliphatic carbocycles. The number of carboxylic acids is 1. The number of hydrogen-bond donors (Lipinski definition) is 2. The van der Waals surface area contributed by atoms with Gasteiger partial charge in [-0.15, -0.1) is 0 Å². The van der Waals surface area contributed by atoms with Crippen molar-refractivity contribution < 1.29 is 9.90 Å². The zero-order chi connectivity index (χ0) is 6.36. The SMILES string of the molecule is CC1(C)NC1C(=O)O. The van der Waals surface area contributed by atoms with Crippen LogP contribution in [0, 0.1) is 0 Å². The standard InChI is InChI=1S/C5H9NO2/c1-5(2)3(6-5)4(7)8/h3,6H,1-2H3,(H,7,8). The lowest BCUT2D eigenvalue weighted by molar-refractivity contribution is -0.136. The molecule has 1 aliphatic heterocycles. The van der Waals surface area contributed by atoms with Gasteiger partial charge in [-0.2, -0.15) is 0 Å². The van der Waals surface area contributed by atoms with E-state index in [0.29, 0.717) is 0 Å². The second kappa shape index (κ2) is 1.23. The number of carbonyl (C=O) groups is 1. The fourth-order valence-electron chi connectivity index (χ4n) is 0.701. The number of nitrogens with one attached hydrogen (secondary N) is 1. The third-order valence-corrected chi connectivity index (χ3v) is 1.40. The van der Waals surface area contributed by atoms with Gasteiger partial charge in [0.1, 0.15) is 6.04 Å². The maximum atomic E-state index is 10.1. The van der Waals surface area contributed by atoms with E-state index < -0.39 is 5.97 Å². The van der Waals surface area contributed by atoms with Gasteiger partial charge in [0, 0.05) is 5.54 Å². The van der Waals surface area contributed by atoms with Crippen molar-refractivity contribution in [3.8, 4) is 0 Å². The molecule has 3 nitrogen and oxygen atoms in total. The molecule has 46 valence electrons. The van der Waals surface area contributed by atoms with Gasteiger partial charge in [-0.3, -0.25) is 10.1 Å². The summed E-state index contributed by atoms with van der Waals surface area (Å²) in [7, 11) is 0. The predicted molar refractivity (Wildman–Crippen MR) is 28.6 cm³/mol. The van der Waals surface area contributed by atoms with Crippen molar-refractivity contribution in [3.63, 3.8) is 0 Å². The van der Waals surface area contributed by atoms with Crippen molar-refractivity contribution in [2.75, 3.05) is 0 Å². The number of rotatable bonds is 1. The zero-order valence-electron chi connectivity index (χ0n) is 4.93. The van der Waals surface area contributed by atoms with Gasteiger partial charge in [0.25, 0.3) is 0 Å². The van der Waals surface area contributed by atoms with E-state index in [0.717, 1.165) is 0 Å². The van der Waals surface area contributed by atoms with Gasteiger partial charge in [-0.25, -0.2) is 0 Å². The summed E-state index contributed by atoms with van der Waals surface area (Å²) in [5, 5.41) is 11.1. The fraction of sp³-hybridized carbons (Fsp3) is 0.800. The Kier molecular flexibility index (Phi) is 0.854. The maximum Gasteiger partial charge on any atom is 0.322 e. The summed E-state index contributed by atoms with van der Waals surface area (Å²) < 4.78 is 0. The Bertz CT molecular complexity index is 130. The van der Waals surface area contributed by atoms with Crippen molar-refractivity contribution in [2.45, 2.75) is 25.4 Å². The predicted octanol–water partition coefficient (Wildman–Crippen LogP) is -0.179. The minimum absolute atomic E-state index is 0.161. The van der Waals surface area contributed by atoms with Gasteiger partial charge in [0.05, 0.1) is 0 Å². The molecule has 0 aromatic heterocycles. The monoisotopic (exact) mass is 115 g/mol. The van der Waals surface area contributed by atoms with E-state index in [2.05, 4.69) is 5.32 Å². The molecule has 0 amide bonds. The summed E-state index contributed by atoms with van der Waals surface area (Å²) in [6.45, 7) is 3.73. The highest BCUT2D eigenvalue weighted by molar-refractivity contribution is 5.79. The van der Waals surface area contributed by atoms with Gasteiger partial charge in [0.15, 0.2) is 0 Å². The largest absolute Gasteiger partial charge is 0.480 e. The molecule has 0 aromatic rings. The molecular formula is C5H9NO2. The van der Waals surface area contributed by atoms with Crippen molar-refractivity contribution in [3.05, 3.63) is 0 Å². The third-order valence-electron chi connectivity index (χ3n) is 1.40. The van der Waals surface area contributed by atoms with Gasteiger partial charge < -0.3 is 5.11 Å². The van der Waals surface area contributed by atoms with Crippen molar-refractivity contribution in [1.29, 1.82) is 0 Å². The summed E-state index contributed by atoms with van der Waals surface area (Å²) in [5.74, 6) is -0.755. The van der Waals surface area contributed by atoms with E-state index in [4.69, 9.17) is 5.11 Å². The highest BCUT2D eigenvalue weighted by atomic mass is 16.4. The van der Waals surface area contributed by atoms with E-state index in [1.165, 1.54) is 0 Å². The van der Waals surface area contributed by atoms with E-state index in [9.17, 15) is 4.79 Å². The Hall–Kier alpha value is -0.570. The first-order valence-electron chi connectivity index (χ1n) is 2.54. The summed E-state index contributed by atoms with van der Waals surface area (Å²) in [5.41, 5.74) is -0.161. The molecule has 0 aromatic carbocycles. The molecule has 1 heterocycles. The highest BCUT2D eigenvalue weighted by Gasteiger charge is 2.50. The molecule has 1 unspecified atom stereocenters. The van der Waals surface area contributed by atoms with E-state index in [1.54, 1.807) is 0 Å². The Morgan fingerprint density at radius 2 is 2.12 bits per heavy atom. The summed E-state index contributed by atoms with van der Waals surface area (Å²) in [6.07, 6.45) is 0. The fourth-order valence-corrected chi connectivity index (χ4v) is 0.701. The van der Waals surface area contributed by atoms with Gasteiger partial charge in [-0.05, 0) is 13.8 Å². The first-order valence-corrected chi connectivity index (χ1v) is 2.54. The zero-order valence-corrected chi connectivity index (χ0v) is 4.93. The van der Waals surface area contributed by atoms with E-state index >= 15 is 0 Å². The minimum atomic E-state index is -0.755. The highest BCUT2D eigenvalue weighted by Crippen LogP contribution is 2.24. The average molecular weight is 115 g/mol. The van der Waals surface area contributed by atoms with Gasteiger partial charge >= 0.3 is 5.97 Å². The minimum Gasteiger partial charge on any atom is -0.480 e. The van der Waals surface area contributed by atoms with Crippen LogP contribution in [0.25, 0.3) is 0 Å². The Balaban J connectivity index is 2.48. The molecule has 1 rings (SSSR count). The lowest BCUT2D eigenvalue weighted by atomic mass is 10.1. The molecule has 0 saturated carbocycles. The van der Waals surface area contributed by atoms with Crippen LogP contribution in [0.5, 0.6) is 0 Å². The molecule has 0 radical (unpaired) electrons. The molecule has 0 bridgehead atoms. The molecule has 2 N–H and O–H groups in total. The average Bonchev–Trinajstić information content (AvgIpc) is 2.13. The van der Waals surface area contributed by atoms with Gasteiger partial charge in [-0.1, -0.05) is 0 Å². The van der Waals surface area contributed by atoms with Crippen LogP contribution < -0.4 is 5.32 Å². The first-order chi connectivity index (χ1) is 3.54. The van der Waals surface area contributed by atoms with E-state index in [-0.39, 0.29) is 11.6 Å². The van der Waals surface area contributed by atoms with Crippen LogP contribution in [0.3, 0.4) is 0 Å². The first kappa shape index (κ1) is 5.56. The van der Waals surface area contributed by atoms with Crippen molar-refractivity contribution >= 4 is 5.97 Å². The molecule has 0 spiro atoms. The summed E-state index contributed by atoms with van der Waals surface area (Å²) in [4.78, 5) is 10.1. The number of aliphatic carboxylic acids is 1. The van der Waals surface area contributed by atoms with Crippen LogP contribution in [-0.4, -0.2) is 22.7 Å². The molecule has 3 heteroatoms. The van der Waals surface area contributed by atoms with Crippen LogP contribution in [-0.2, 0) is 4.79 Å². The topological polar surface area (TPSA) is 59.2 Å². The molecular weight excluding hydrogens is 106 g/mol. The van der Waals surface area contributed by atoms with Crippen LogP contribution in [0.1, 0.15) is 13.8 Å². The smallest absolute Gasteiger partial charge is 0.322 e. The molecule has 1 atom stereocenters. The van der Waals surface area contributed by atoms with Crippen molar-refractivity contribution in [1.82, 2.24) is 5.32 Å². The quantitative estimate of drug-likeness (QED) is 0.466. The van der Waals surface area contributed by atoms with Crippen LogP contribution in [0.15, 0.2) is 0 Å². The Labute approximate surface area is 47.7 Å². The van der Waals surface area contributed by atoms with Gasteiger partial charge in [0.2, 0.25) is 0 Å². The lowest BCUT2D eigenvalue weighted by Crippen LogP contribution is -2.12. The lowest BCUT2D eigenvalue weighted by Gasteiger charge is -1.90. The van der Waals surface area contributed by atoms with Crippen LogP contribution >= 0.6 is 0 Å². The third kappa shape index (κ3) is 0.690. The molecule has 1 saturated heterocycles. The Morgan fingerprint density at radius 1 is 1.75 bits per heavy atom. The molecule has 1 fully saturated rings. The van der Waals surface area contributed by atoms with Crippen molar-refractivity contribution in [2.24, 2.45) is 0 Å². The normalized spacial score (nSPS) is 32.0. The van der Waals surface area contributed by atoms with E-state index in [1.807, 2.05) is 13.8 Å². The molecule has 1 aliphatic rings. The number of hydrogen-bond acceptors (Lipinski definition) is 2. The summed E-state index contributed by atoms with van der Waals surface area (Å²) >= 11 is 0. The Morgan fingerprint density at radius 3 is 2.12 bits per heavy atom. The second-order valence-electron chi connectivity index (χ2n) is 2.64. The number of carboxylic acid groups (broad SMARTS) is 1. The maximum absolute atomic E-state index is 10.1. The summed E-state index contributed by atoms with van der Waals surface area (Å²) in [6, 6.07) is -0.317.